The summed E-state index contributed by atoms with van der Waals surface area (Å²) in [4.78, 5) is 17.8. The van der Waals surface area contributed by atoms with Crippen LogP contribution in [0, 0.1) is 5.92 Å². The van der Waals surface area contributed by atoms with Crippen LogP contribution in [0.5, 0.6) is 0 Å². The van der Waals surface area contributed by atoms with Crippen molar-refractivity contribution in [3.63, 3.8) is 0 Å². The molecule has 1 fully saturated rings. The van der Waals surface area contributed by atoms with E-state index in [0.717, 1.165) is 0 Å². The Kier molecular flexibility index (Phi) is 2.91. The largest absolute Gasteiger partial charge is 0.279 e. The molecule has 5 nitrogen and oxygen atoms in total. The maximum absolute atomic E-state index is 11.9. The van der Waals surface area contributed by atoms with Gasteiger partial charge < -0.3 is 0 Å². The molecule has 3 rings (SSSR count). The summed E-state index contributed by atoms with van der Waals surface area (Å²) in [5.74, 6) is 1.41. The van der Waals surface area contributed by atoms with Crippen molar-refractivity contribution in [2.75, 3.05) is 17.2 Å². The standard InChI is InChI=1S/C11H11ClN4OS/c12-8-2-1-3-16-10(8)13-11(14-16)15-5-7(6-18)4-9(15)17/h1-3,7,18H,4-6H2. The first-order valence-corrected chi connectivity index (χ1v) is 6.62. The fraction of sp³-hybridized carbons (Fsp3) is 0.364. The Bertz CT molecular complexity index is 614. The van der Waals surface area contributed by atoms with Crippen LogP contribution in [-0.2, 0) is 4.79 Å². The Hall–Kier alpha value is -1.27. The van der Waals surface area contributed by atoms with E-state index in [9.17, 15) is 4.79 Å². The number of amides is 1. The molecule has 1 atom stereocenters. The average molecular weight is 283 g/mol. The Balaban J connectivity index is 2.00. The van der Waals surface area contributed by atoms with Crippen LogP contribution in [0.15, 0.2) is 18.3 Å². The second kappa shape index (κ2) is 4.44. The number of pyridine rings is 1. The summed E-state index contributed by atoms with van der Waals surface area (Å²) in [5.41, 5.74) is 0.566. The van der Waals surface area contributed by atoms with Crippen molar-refractivity contribution < 1.29 is 4.79 Å². The molecule has 94 valence electrons. The first-order valence-electron chi connectivity index (χ1n) is 5.61. The van der Waals surface area contributed by atoms with Crippen LogP contribution in [0.2, 0.25) is 5.02 Å². The minimum atomic E-state index is 0.0427. The summed E-state index contributed by atoms with van der Waals surface area (Å²) in [7, 11) is 0. The van der Waals surface area contributed by atoms with Crippen LogP contribution in [0.1, 0.15) is 6.42 Å². The van der Waals surface area contributed by atoms with E-state index >= 15 is 0 Å². The lowest BCUT2D eigenvalue weighted by atomic mass is 10.1. The zero-order chi connectivity index (χ0) is 12.7. The molecule has 18 heavy (non-hydrogen) atoms. The van der Waals surface area contributed by atoms with E-state index < -0.39 is 0 Å². The monoisotopic (exact) mass is 282 g/mol. The third-order valence-corrected chi connectivity index (χ3v) is 3.82. The number of fused-ring (bicyclic) bond motifs is 1. The highest BCUT2D eigenvalue weighted by Crippen LogP contribution is 2.25. The van der Waals surface area contributed by atoms with Gasteiger partial charge in [-0.05, 0) is 23.8 Å². The summed E-state index contributed by atoms with van der Waals surface area (Å²) in [5, 5.41) is 4.80. The number of carbonyl (C=O) groups excluding carboxylic acids is 1. The molecule has 0 radical (unpaired) electrons. The van der Waals surface area contributed by atoms with Crippen LogP contribution < -0.4 is 4.90 Å². The van der Waals surface area contributed by atoms with E-state index in [1.807, 2.05) is 0 Å². The lowest BCUT2D eigenvalue weighted by Gasteiger charge is -2.10. The molecule has 1 amide bonds. The molecule has 2 aromatic rings. The number of thiol groups is 1. The first-order chi connectivity index (χ1) is 8.69. The molecule has 1 aliphatic rings. The Morgan fingerprint density at radius 3 is 3.06 bits per heavy atom. The molecule has 3 heterocycles. The summed E-state index contributed by atoms with van der Waals surface area (Å²) >= 11 is 10.3. The molecule has 2 aromatic heterocycles. The predicted octanol–water partition coefficient (Wildman–Crippen LogP) is 1.67. The van der Waals surface area contributed by atoms with Gasteiger partial charge in [-0.3, -0.25) is 9.69 Å². The van der Waals surface area contributed by atoms with Crippen molar-refractivity contribution >= 4 is 41.7 Å². The molecule has 1 aliphatic heterocycles. The topological polar surface area (TPSA) is 50.5 Å². The molecule has 0 spiro atoms. The second-order valence-corrected chi connectivity index (χ2v) is 5.07. The lowest BCUT2D eigenvalue weighted by molar-refractivity contribution is -0.117. The highest BCUT2D eigenvalue weighted by molar-refractivity contribution is 7.80. The van der Waals surface area contributed by atoms with Crippen LogP contribution in [0.3, 0.4) is 0 Å². The maximum Gasteiger partial charge on any atom is 0.252 e. The van der Waals surface area contributed by atoms with Gasteiger partial charge in [-0.15, -0.1) is 5.10 Å². The molecule has 1 unspecified atom stereocenters. The summed E-state index contributed by atoms with van der Waals surface area (Å²) in [6.07, 6.45) is 2.27. The van der Waals surface area contributed by atoms with E-state index in [-0.39, 0.29) is 11.8 Å². The number of aromatic nitrogens is 3. The molecular weight excluding hydrogens is 272 g/mol. The predicted molar refractivity (Wildman–Crippen MR) is 72.3 cm³/mol. The minimum Gasteiger partial charge on any atom is -0.279 e. The van der Waals surface area contributed by atoms with Gasteiger partial charge >= 0.3 is 0 Å². The number of carbonyl (C=O) groups is 1. The maximum atomic E-state index is 11.9. The molecular formula is C11H11ClN4OS. The molecule has 0 bridgehead atoms. The van der Waals surface area contributed by atoms with Crippen LogP contribution in [0.25, 0.3) is 5.65 Å². The Morgan fingerprint density at radius 2 is 2.39 bits per heavy atom. The normalized spacial score (nSPS) is 20.0. The van der Waals surface area contributed by atoms with Crippen molar-refractivity contribution in [2.24, 2.45) is 5.92 Å². The van der Waals surface area contributed by atoms with Crippen molar-refractivity contribution in [1.29, 1.82) is 0 Å². The third-order valence-electron chi connectivity index (χ3n) is 3.01. The van der Waals surface area contributed by atoms with Gasteiger partial charge in [0.1, 0.15) is 0 Å². The summed E-state index contributed by atoms with van der Waals surface area (Å²) in [6, 6.07) is 3.54. The molecule has 0 N–H and O–H groups in total. The van der Waals surface area contributed by atoms with E-state index in [1.54, 1.807) is 27.7 Å². The van der Waals surface area contributed by atoms with E-state index in [4.69, 9.17) is 11.6 Å². The Labute approximate surface area is 114 Å². The highest BCUT2D eigenvalue weighted by atomic mass is 35.5. The summed E-state index contributed by atoms with van der Waals surface area (Å²) < 4.78 is 1.58. The number of hydrogen-bond donors (Lipinski definition) is 1. The summed E-state index contributed by atoms with van der Waals surface area (Å²) in [6.45, 7) is 0.622. The van der Waals surface area contributed by atoms with Crippen molar-refractivity contribution in [1.82, 2.24) is 14.6 Å². The highest BCUT2D eigenvalue weighted by Gasteiger charge is 2.32. The quantitative estimate of drug-likeness (QED) is 0.853. The Morgan fingerprint density at radius 1 is 1.56 bits per heavy atom. The number of halogens is 1. The van der Waals surface area contributed by atoms with Gasteiger partial charge in [-0.1, -0.05) is 11.6 Å². The average Bonchev–Trinajstić information content (AvgIpc) is 2.93. The van der Waals surface area contributed by atoms with Gasteiger partial charge in [0.05, 0.1) is 5.02 Å². The van der Waals surface area contributed by atoms with Gasteiger partial charge in [0.25, 0.3) is 5.95 Å². The number of nitrogens with zero attached hydrogens (tertiary/aromatic N) is 4. The van der Waals surface area contributed by atoms with Gasteiger partial charge in [0, 0.05) is 19.2 Å². The van der Waals surface area contributed by atoms with Gasteiger partial charge in [0.2, 0.25) is 5.91 Å². The van der Waals surface area contributed by atoms with Crippen molar-refractivity contribution in [3.8, 4) is 0 Å². The fourth-order valence-corrected chi connectivity index (χ4v) is 2.52. The van der Waals surface area contributed by atoms with Crippen molar-refractivity contribution in [3.05, 3.63) is 23.4 Å². The minimum absolute atomic E-state index is 0.0427. The van der Waals surface area contributed by atoms with Gasteiger partial charge in [-0.25, -0.2) is 4.52 Å². The third kappa shape index (κ3) is 1.85. The van der Waals surface area contributed by atoms with Crippen LogP contribution >= 0.6 is 24.2 Å². The molecule has 0 aliphatic carbocycles. The number of hydrogen-bond acceptors (Lipinski definition) is 4. The van der Waals surface area contributed by atoms with Gasteiger partial charge in [-0.2, -0.15) is 17.6 Å². The van der Waals surface area contributed by atoms with E-state index in [1.165, 1.54) is 0 Å². The molecule has 0 saturated carbocycles. The SMILES string of the molecule is O=C1CC(CS)CN1c1nc2c(Cl)cccn2n1. The zero-order valence-electron chi connectivity index (χ0n) is 9.45. The molecule has 1 saturated heterocycles. The number of anilines is 1. The van der Waals surface area contributed by atoms with E-state index in [0.29, 0.717) is 35.3 Å². The zero-order valence-corrected chi connectivity index (χ0v) is 11.1. The lowest BCUT2D eigenvalue weighted by Crippen LogP contribution is -2.25. The first kappa shape index (κ1) is 11.8. The fourth-order valence-electron chi connectivity index (χ4n) is 2.07. The second-order valence-electron chi connectivity index (χ2n) is 4.29. The van der Waals surface area contributed by atoms with Crippen LogP contribution in [-0.4, -0.2) is 32.8 Å². The van der Waals surface area contributed by atoms with E-state index in [2.05, 4.69) is 22.7 Å². The smallest absolute Gasteiger partial charge is 0.252 e. The van der Waals surface area contributed by atoms with Crippen LogP contribution in [0.4, 0.5) is 5.95 Å². The van der Waals surface area contributed by atoms with Crippen molar-refractivity contribution in [2.45, 2.75) is 6.42 Å². The molecule has 0 aromatic carbocycles. The number of rotatable bonds is 2. The van der Waals surface area contributed by atoms with Gasteiger partial charge in [0.15, 0.2) is 5.65 Å². The molecule has 7 heteroatoms.